The molecule has 0 aliphatic carbocycles. The van der Waals surface area contributed by atoms with Gasteiger partial charge < -0.3 is 21.3 Å². The highest BCUT2D eigenvalue weighted by molar-refractivity contribution is 6.00. The molecule has 2 atom stereocenters. The average Bonchev–Trinajstić information content (AvgIpc) is 2.98. The minimum absolute atomic E-state index is 0.0277. The zero-order valence-electron chi connectivity index (χ0n) is 23.6. The topological polar surface area (TPSA) is 122 Å². The van der Waals surface area contributed by atoms with E-state index in [-0.39, 0.29) is 61.7 Å². The van der Waals surface area contributed by atoms with Crippen molar-refractivity contribution in [1.29, 1.82) is 0 Å². The lowest BCUT2D eigenvalue weighted by atomic mass is 9.92. The van der Waals surface area contributed by atoms with E-state index in [4.69, 9.17) is 5.73 Å². The number of aryl methyl sites for hydroxylation is 1. The molecule has 0 bridgehead atoms. The van der Waals surface area contributed by atoms with Crippen LogP contribution in [0.4, 0.5) is 18.9 Å². The molecule has 0 aromatic heterocycles. The van der Waals surface area contributed by atoms with Gasteiger partial charge in [-0.25, -0.2) is 0 Å². The van der Waals surface area contributed by atoms with Gasteiger partial charge in [0.15, 0.2) is 5.78 Å². The summed E-state index contributed by atoms with van der Waals surface area (Å²) in [5, 5.41) is 5.25. The molecule has 0 spiro atoms. The third-order valence-corrected chi connectivity index (χ3v) is 7.42. The molecule has 3 aromatic rings. The Labute approximate surface area is 247 Å². The summed E-state index contributed by atoms with van der Waals surface area (Å²) in [6.07, 6.45) is -4.39. The summed E-state index contributed by atoms with van der Waals surface area (Å²) in [5.74, 6) is -1.79. The summed E-state index contributed by atoms with van der Waals surface area (Å²) < 4.78 is 39.4. The highest BCUT2D eigenvalue weighted by Crippen LogP contribution is 2.33. The Hall–Kier alpha value is -4.51. The second-order valence-electron chi connectivity index (χ2n) is 10.5. The molecule has 11 heteroatoms. The summed E-state index contributed by atoms with van der Waals surface area (Å²) in [7, 11) is 0. The highest BCUT2D eigenvalue weighted by Gasteiger charge is 2.36. The number of Topliss-reactive ketones (excluding diaryl/α,β-unsaturated/α-hetero) is 1. The Balaban J connectivity index is 1.48. The molecule has 226 valence electrons. The Kier molecular flexibility index (Phi) is 9.97. The second kappa shape index (κ2) is 13.6. The number of nitrogens with one attached hydrogen (secondary N) is 2. The maximum atomic E-state index is 13.6. The molecule has 3 amide bonds. The quantitative estimate of drug-likeness (QED) is 0.301. The van der Waals surface area contributed by atoms with Crippen LogP contribution < -0.4 is 16.4 Å². The summed E-state index contributed by atoms with van der Waals surface area (Å²) in [4.78, 5) is 54.2. The molecule has 8 nitrogen and oxygen atoms in total. The van der Waals surface area contributed by atoms with Crippen molar-refractivity contribution < 1.29 is 32.3 Å². The number of halogens is 3. The van der Waals surface area contributed by atoms with Crippen LogP contribution in [0.15, 0.2) is 72.8 Å². The van der Waals surface area contributed by atoms with Crippen molar-refractivity contribution in [3.8, 4) is 0 Å². The second-order valence-corrected chi connectivity index (χ2v) is 10.5. The van der Waals surface area contributed by atoms with Crippen molar-refractivity contribution in [3.05, 3.63) is 101 Å². The van der Waals surface area contributed by atoms with Crippen LogP contribution in [0.1, 0.15) is 51.9 Å². The van der Waals surface area contributed by atoms with Crippen LogP contribution in [-0.2, 0) is 33.5 Å². The van der Waals surface area contributed by atoms with Gasteiger partial charge in [0, 0.05) is 37.1 Å². The Bertz CT molecular complexity index is 1490. The zero-order valence-corrected chi connectivity index (χ0v) is 23.6. The van der Waals surface area contributed by atoms with E-state index in [1.54, 1.807) is 30.3 Å². The van der Waals surface area contributed by atoms with Gasteiger partial charge in [0.05, 0.1) is 5.56 Å². The monoisotopic (exact) mass is 594 g/mol. The summed E-state index contributed by atoms with van der Waals surface area (Å²) >= 11 is 0. The first kappa shape index (κ1) is 31.4. The highest BCUT2D eigenvalue weighted by atomic mass is 19.4. The molecule has 1 aliphatic heterocycles. The lowest BCUT2D eigenvalue weighted by molar-refractivity contribution is -0.142. The first-order valence-corrected chi connectivity index (χ1v) is 13.9. The molecule has 0 unspecified atom stereocenters. The molecule has 43 heavy (non-hydrogen) atoms. The van der Waals surface area contributed by atoms with Crippen molar-refractivity contribution in [1.82, 2.24) is 10.2 Å². The van der Waals surface area contributed by atoms with Crippen LogP contribution in [0.25, 0.3) is 0 Å². The van der Waals surface area contributed by atoms with Gasteiger partial charge in [-0.3, -0.25) is 19.2 Å². The van der Waals surface area contributed by atoms with Crippen LogP contribution >= 0.6 is 0 Å². The van der Waals surface area contributed by atoms with E-state index < -0.39 is 35.6 Å². The molecule has 4 rings (SSSR count). The fourth-order valence-corrected chi connectivity index (χ4v) is 5.14. The van der Waals surface area contributed by atoms with E-state index in [9.17, 15) is 32.3 Å². The van der Waals surface area contributed by atoms with Crippen molar-refractivity contribution >= 4 is 29.2 Å². The predicted octanol–water partition coefficient (Wildman–Crippen LogP) is 4.40. The van der Waals surface area contributed by atoms with Crippen LogP contribution in [0, 0.1) is 6.92 Å². The molecular formula is C32H33F3N4O4. The summed E-state index contributed by atoms with van der Waals surface area (Å²) in [6, 6.07) is 17.2. The smallest absolute Gasteiger partial charge is 0.342 e. The molecule has 0 saturated carbocycles. The molecule has 1 heterocycles. The zero-order chi connectivity index (χ0) is 31.1. The molecule has 4 N–H and O–H groups in total. The number of anilines is 1. The Morgan fingerprint density at radius 2 is 1.63 bits per heavy atom. The van der Waals surface area contributed by atoms with E-state index in [1.165, 1.54) is 17.9 Å². The number of fused-ring (bicyclic) bond motifs is 1. The number of ketones is 1. The lowest BCUT2D eigenvalue weighted by Crippen LogP contribution is -2.56. The number of hydrogen-bond donors (Lipinski definition) is 3. The molecule has 1 aliphatic rings. The van der Waals surface area contributed by atoms with E-state index in [0.717, 1.165) is 23.3 Å². The van der Waals surface area contributed by atoms with Crippen LogP contribution in [0.5, 0.6) is 0 Å². The van der Waals surface area contributed by atoms with E-state index in [0.29, 0.717) is 5.56 Å². The Morgan fingerprint density at radius 3 is 2.28 bits per heavy atom. The number of nitrogens with two attached hydrogens (primary N) is 1. The van der Waals surface area contributed by atoms with Gasteiger partial charge in [-0.05, 0) is 54.8 Å². The fourth-order valence-electron chi connectivity index (χ4n) is 5.14. The van der Waals surface area contributed by atoms with Crippen molar-refractivity contribution in [2.24, 2.45) is 5.73 Å². The first-order chi connectivity index (χ1) is 20.5. The van der Waals surface area contributed by atoms with Gasteiger partial charge in [-0.15, -0.1) is 0 Å². The minimum atomic E-state index is -4.53. The molecule has 0 saturated heterocycles. The predicted molar refractivity (Wildman–Crippen MR) is 155 cm³/mol. The largest absolute Gasteiger partial charge is 0.416 e. The van der Waals surface area contributed by atoms with E-state index >= 15 is 0 Å². The lowest BCUT2D eigenvalue weighted by Gasteiger charge is -2.36. The molecule has 0 fully saturated rings. The average molecular weight is 595 g/mol. The maximum absolute atomic E-state index is 13.6. The number of carbonyl (C=O) groups excluding carboxylic acids is 4. The third kappa shape index (κ3) is 7.86. The van der Waals surface area contributed by atoms with Crippen molar-refractivity contribution in [3.63, 3.8) is 0 Å². The van der Waals surface area contributed by atoms with Gasteiger partial charge in [0.25, 0.3) is 0 Å². The normalized spacial score (nSPS) is 15.3. The van der Waals surface area contributed by atoms with Crippen LogP contribution in [0.3, 0.4) is 0 Å². The first-order valence-electron chi connectivity index (χ1n) is 13.9. The standard InChI is InChI=1S/C32H33F3N4O4/c1-20-17-24(11-12-25(20)32(33,34)35)37-30(42)26(15-16-36)38-31(43)27-18-22-9-5-6-10-23(22)19-39(27)29(41)14-13-28(40)21-7-3-2-4-8-21/h2-12,17,26-27H,13-16,18-19,36H2,1H3,(H,37,42)(H,38,43)/t26-,27-/m0/s1. The number of nitrogens with zero attached hydrogens (tertiary/aromatic N) is 1. The van der Waals surface area contributed by atoms with Crippen molar-refractivity contribution in [2.75, 3.05) is 11.9 Å². The number of rotatable bonds is 10. The van der Waals surface area contributed by atoms with Gasteiger partial charge in [0.2, 0.25) is 17.7 Å². The summed E-state index contributed by atoms with van der Waals surface area (Å²) in [5.41, 5.74) is 7.22. The van der Waals surface area contributed by atoms with Gasteiger partial charge in [0.1, 0.15) is 12.1 Å². The van der Waals surface area contributed by atoms with Gasteiger partial charge in [-0.1, -0.05) is 54.6 Å². The number of carbonyl (C=O) groups is 4. The minimum Gasteiger partial charge on any atom is -0.342 e. The fraction of sp³-hybridized carbons (Fsp3) is 0.312. The number of benzene rings is 3. The number of hydrogen-bond acceptors (Lipinski definition) is 5. The van der Waals surface area contributed by atoms with Gasteiger partial charge in [-0.2, -0.15) is 13.2 Å². The van der Waals surface area contributed by atoms with Gasteiger partial charge >= 0.3 is 6.18 Å². The molecule has 0 radical (unpaired) electrons. The summed E-state index contributed by atoms with van der Waals surface area (Å²) in [6.45, 7) is 1.49. The van der Waals surface area contributed by atoms with E-state index in [1.807, 2.05) is 24.3 Å². The number of amides is 3. The molecular weight excluding hydrogens is 561 g/mol. The SMILES string of the molecule is Cc1cc(NC(=O)[C@H](CCN)NC(=O)[C@@H]2Cc3ccccc3CN2C(=O)CCC(=O)c2ccccc2)ccc1C(F)(F)F. The van der Waals surface area contributed by atoms with Crippen LogP contribution in [-0.4, -0.2) is 47.0 Å². The van der Waals surface area contributed by atoms with Crippen LogP contribution in [0.2, 0.25) is 0 Å². The van der Waals surface area contributed by atoms with Crippen molar-refractivity contribution in [2.45, 2.75) is 57.4 Å². The Morgan fingerprint density at radius 1 is 0.953 bits per heavy atom. The van der Waals surface area contributed by atoms with E-state index in [2.05, 4.69) is 10.6 Å². The molecule has 3 aromatic carbocycles. The third-order valence-electron chi connectivity index (χ3n) is 7.42. The maximum Gasteiger partial charge on any atom is 0.416 e. The number of alkyl halides is 3.